The summed E-state index contributed by atoms with van der Waals surface area (Å²) in [7, 11) is 0. The van der Waals surface area contributed by atoms with Crippen LogP contribution >= 0.6 is 0 Å². The highest BCUT2D eigenvalue weighted by Crippen LogP contribution is 2.31. The minimum Gasteiger partial charge on any atom is -0.459 e. The molecule has 15 heteroatoms. The van der Waals surface area contributed by atoms with Gasteiger partial charge in [-0.1, -0.05) is 29.4 Å². The smallest absolute Gasteiger partial charge is 0.247 e. The van der Waals surface area contributed by atoms with Crippen LogP contribution in [-0.2, 0) is 30.4 Å². The predicted molar refractivity (Wildman–Crippen MR) is 150 cm³/mol. The van der Waals surface area contributed by atoms with E-state index in [-0.39, 0.29) is 41.6 Å². The van der Waals surface area contributed by atoms with Crippen LogP contribution in [0.3, 0.4) is 0 Å². The summed E-state index contributed by atoms with van der Waals surface area (Å²) in [5.74, 6) is -2.34. The summed E-state index contributed by atoms with van der Waals surface area (Å²) < 4.78 is 50.3. The fraction of sp³-hybridized carbons (Fsp3) is 0.467. The van der Waals surface area contributed by atoms with Crippen LogP contribution in [0.15, 0.2) is 53.2 Å². The number of aliphatic hydroxyl groups excluding tert-OH is 5. The van der Waals surface area contributed by atoms with Gasteiger partial charge in [0.1, 0.15) is 68.0 Å². The van der Waals surface area contributed by atoms with Gasteiger partial charge in [0, 0.05) is 11.1 Å². The third-order valence-corrected chi connectivity index (χ3v) is 7.86. The van der Waals surface area contributed by atoms with Crippen molar-refractivity contribution in [3.63, 3.8) is 0 Å². The number of carbonyl (C=O) groups is 1. The SMILES string of the molecule is C/C(=C\c1ccc(O[C@@H]2O[C@H](/C(C)=N/OCc3ccccc3F)[C@@H](O)[C@@H]2O)c(F)c1)C(=O)N[C@@H]1[C@H](O)[C@@H](O)[C@H]2OCO[C@H]2[C@@H]1O. The normalized spacial score (nSPS) is 33.5. The van der Waals surface area contributed by atoms with Gasteiger partial charge in [0.15, 0.2) is 11.6 Å². The van der Waals surface area contributed by atoms with E-state index in [4.69, 9.17) is 23.8 Å². The van der Waals surface area contributed by atoms with Gasteiger partial charge in [-0.2, -0.15) is 0 Å². The molecule has 2 aromatic rings. The van der Waals surface area contributed by atoms with E-state index >= 15 is 0 Å². The minimum absolute atomic E-state index is 0.0927. The topological polar surface area (TPSA) is 189 Å². The molecule has 1 aliphatic carbocycles. The van der Waals surface area contributed by atoms with E-state index in [1.165, 1.54) is 50.3 Å². The first-order chi connectivity index (χ1) is 21.5. The summed E-state index contributed by atoms with van der Waals surface area (Å²) >= 11 is 0. The first kappa shape index (κ1) is 32.8. The van der Waals surface area contributed by atoms with Gasteiger partial charge < -0.3 is 54.6 Å². The molecule has 1 amide bonds. The van der Waals surface area contributed by atoms with Gasteiger partial charge in [-0.3, -0.25) is 4.79 Å². The van der Waals surface area contributed by atoms with Gasteiger partial charge in [0.05, 0.1) is 11.8 Å². The fourth-order valence-electron chi connectivity index (χ4n) is 5.32. The van der Waals surface area contributed by atoms with Crippen LogP contribution in [0.25, 0.3) is 6.08 Å². The summed E-state index contributed by atoms with van der Waals surface area (Å²) in [6.45, 7) is 2.55. The molecule has 2 aromatic carbocycles. The van der Waals surface area contributed by atoms with Gasteiger partial charge in [-0.25, -0.2) is 8.78 Å². The molecule has 1 saturated carbocycles. The van der Waals surface area contributed by atoms with Crippen LogP contribution in [0.2, 0.25) is 0 Å². The summed E-state index contributed by atoms with van der Waals surface area (Å²) in [4.78, 5) is 18.0. The lowest BCUT2D eigenvalue weighted by atomic mass is 9.83. The molecule has 6 N–H and O–H groups in total. The Morgan fingerprint density at radius 3 is 2.38 bits per heavy atom. The number of carbonyl (C=O) groups excluding carboxylic acids is 1. The van der Waals surface area contributed by atoms with Crippen molar-refractivity contribution in [2.75, 3.05) is 6.79 Å². The number of nitrogens with zero attached hydrogens (tertiary/aromatic N) is 1. The van der Waals surface area contributed by atoms with E-state index in [2.05, 4.69) is 10.5 Å². The van der Waals surface area contributed by atoms with Gasteiger partial charge in [-0.05, 0) is 43.7 Å². The van der Waals surface area contributed by atoms with Gasteiger partial charge in [0.25, 0.3) is 0 Å². The first-order valence-electron chi connectivity index (χ1n) is 14.1. The number of fused-ring (bicyclic) bond motifs is 1. The van der Waals surface area contributed by atoms with Crippen LogP contribution in [0, 0.1) is 11.6 Å². The number of ether oxygens (including phenoxy) is 4. The maximum absolute atomic E-state index is 15.0. The van der Waals surface area contributed by atoms with E-state index in [9.17, 15) is 39.1 Å². The molecule has 5 rings (SSSR count). The van der Waals surface area contributed by atoms with Gasteiger partial charge in [0.2, 0.25) is 12.2 Å². The van der Waals surface area contributed by atoms with Crippen molar-refractivity contribution in [2.24, 2.45) is 5.16 Å². The monoisotopic (exact) mass is 636 g/mol. The lowest BCUT2D eigenvalue weighted by Gasteiger charge is -2.41. The Balaban J connectivity index is 1.18. The van der Waals surface area contributed by atoms with Crippen molar-refractivity contribution < 1.29 is 62.9 Å². The molecule has 0 bridgehead atoms. The number of hydrogen-bond donors (Lipinski definition) is 6. The standard InChI is InChI=1S/C30H34F2N2O11/c1-13(29(40)33-20-21(35)23(37)28-27(22(20)36)41-12-42-28)9-15-7-8-19(18(32)10-15)44-30-25(39)24(38)26(45-30)14(2)34-43-11-16-5-3-4-6-17(16)31/h3-10,20-28,30,35-39H,11-12H2,1-2H3,(H,33,40)/b13-9+,34-14+/t20-,21+,22-,23-,24+,25+,26-,27+,28-,30-/m1/s1. The van der Waals surface area contributed by atoms with Crippen LogP contribution in [0.4, 0.5) is 8.78 Å². The van der Waals surface area contributed by atoms with Gasteiger partial charge in [-0.15, -0.1) is 0 Å². The molecule has 3 fully saturated rings. The maximum Gasteiger partial charge on any atom is 0.247 e. The average molecular weight is 637 g/mol. The maximum atomic E-state index is 15.0. The van der Waals surface area contributed by atoms with Crippen LogP contribution in [0.5, 0.6) is 5.75 Å². The number of halogens is 2. The molecule has 0 unspecified atom stereocenters. The fourth-order valence-corrected chi connectivity index (χ4v) is 5.32. The Morgan fingerprint density at radius 1 is 0.956 bits per heavy atom. The summed E-state index contributed by atoms with van der Waals surface area (Å²) in [5, 5.41) is 58.5. The molecule has 45 heavy (non-hydrogen) atoms. The third kappa shape index (κ3) is 7.00. The van der Waals surface area contributed by atoms with E-state index in [1.807, 2.05) is 0 Å². The zero-order chi connectivity index (χ0) is 32.4. The molecule has 2 saturated heterocycles. The Morgan fingerprint density at radius 2 is 1.67 bits per heavy atom. The summed E-state index contributed by atoms with van der Waals surface area (Å²) in [6, 6.07) is 8.44. The Bertz CT molecular complexity index is 1440. The van der Waals surface area contributed by atoms with E-state index in [0.717, 1.165) is 6.07 Å². The van der Waals surface area contributed by atoms with Crippen LogP contribution in [0.1, 0.15) is 25.0 Å². The number of oxime groups is 1. The van der Waals surface area contributed by atoms with E-state index in [0.29, 0.717) is 0 Å². The molecule has 0 aromatic heterocycles. The highest BCUT2D eigenvalue weighted by Gasteiger charge is 2.53. The molecule has 244 valence electrons. The number of hydrogen-bond acceptors (Lipinski definition) is 12. The molecule has 2 aliphatic heterocycles. The molecule has 0 spiro atoms. The second-order valence-corrected chi connectivity index (χ2v) is 11.0. The lowest BCUT2D eigenvalue weighted by molar-refractivity contribution is -0.155. The number of aliphatic hydroxyl groups is 5. The molecule has 0 radical (unpaired) electrons. The van der Waals surface area contributed by atoms with Crippen molar-refractivity contribution in [2.45, 2.75) is 81.6 Å². The second-order valence-electron chi connectivity index (χ2n) is 11.0. The number of rotatable bonds is 9. The quantitative estimate of drug-likeness (QED) is 0.125. The highest BCUT2D eigenvalue weighted by atomic mass is 19.1. The van der Waals surface area contributed by atoms with Crippen molar-refractivity contribution in [3.8, 4) is 5.75 Å². The molecular formula is C30H34F2N2O11. The zero-order valence-electron chi connectivity index (χ0n) is 24.2. The van der Waals surface area contributed by atoms with Crippen molar-refractivity contribution in [1.82, 2.24) is 5.32 Å². The summed E-state index contributed by atoms with van der Waals surface area (Å²) in [6.07, 6.45) is -10.5. The molecular weight excluding hydrogens is 602 g/mol. The first-order valence-corrected chi connectivity index (χ1v) is 14.1. The Hall–Kier alpha value is -3.54. The van der Waals surface area contributed by atoms with Crippen LogP contribution in [-0.4, -0.2) is 105 Å². The number of nitrogens with one attached hydrogen (secondary N) is 1. The third-order valence-electron chi connectivity index (χ3n) is 7.86. The van der Waals surface area contributed by atoms with E-state index in [1.54, 1.807) is 6.07 Å². The van der Waals surface area contributed by atoms with Crippen LogP contribution < -0.4 is 10.1 Å². The highest BCUT2D eigenvalue weighted by molar-refractivity contribution is 5.97. The zero-order valence-corrected chi connectivity index (χ0v) is 24.2. The number of benzene rings is 2. The molecule has 13 nitrogen and oxygen atoms in total. The van der Waals surface area contributed by atoms with E-state index < -0.39 is 78.7 Å². The average Bonchev–Trinajstić information content (AvgIpc) is 3.62. The largest absolute Gasteiger partial charge is 0.459 e. The van der Waals surface area contributed by atoms with Crippen molar-refractivity contribution >= 4 is 17.7 Å². The van der Waals surface area contributed by atoms with Crippen molar-refractivity contribution in [3.05, 3.63) is 70.8 Å². The predicted octanol–water partition coefficient (Wildman–Crippen LogP) is 0.109. The second kappa shape index (κ2) is 13.8. The number of amides is 1. The van der Waals surface area contributed by atoms with Gasteiger partial charge >= 0.3 is 0 Å². The molecule has 2 heterocycles. The molecule has 10 atom stereocenters. The summed E-state index contributed by atoms with van der Waals surface area (Å²) in [5.41, 5.74) is 0.744. The Kier molecular flexibility index (Phi) is 10.1. The van der Waals surface area contributed by atoms with Crippen molar-refractivity contribution in [1.29, 1.82) is 0 Å². The Labute approximate surface area is 256 Å². The minimum atomic E-state index is -1.57. The molecule has 3 aliphatic rings. The lowest BCUT2D eigenvalue weighted by Crippen LogP contribution is -2.67.